The van der Waals surface area contributed by atoms with Gasteiger partial charge in [0.25, 0.3) is 0 Å². The summed E-state index contributed by atoms with van der Waals surface area (Å²) in [6.07, 6.45) is 2.59. The van der Waals surface area contributed by atoms with Crippen molar-refractivity contribution in [2.45, 2.75) is 26.8 Å². The third-order valence-corrected chi connectivity index (χ3v) is 2.70. The molecule has 0 amide bonds. The van der Waals surface area contributed by atoms with E-state index >= 15 is 0 Å². The zero-order valence-corrected chi connectivity index (χ0v) is 11.9. The molecule has 0 spiro atoms. The van der Waals surface area contributed by atoms with Crippen LogP contribution in [-0.2, 0) is 13.0 Å². The van der Waals surface area contributed by atoms with Crippen molar-refractivity contribution >= 4 is 17.4 Å². The van der Waals surface area contributed by atoms with Crippen molar-refractivity contribution in [3.8, 4) is 0 Å². The van der Waals surface area contributed by atoms with Crippen LogP contribution in [0.3, 0.4) is 0 Å². The molecule has 0 saturated carbocycles. The molecule has 2 rings (SSSR count). The lowest BCUT2D eigenvalue weighted by atomic mass is 10.1. The van der Waals surface area contributed by atoms with Crippen LogP contribution in [0.25, 0.3) is 0 Å². The summed E-state index contributed by atoms with van der Waals surface area (Å²) < 4.78 is 0. The van der Waals surface area contributed by atoms with Crippen LogP contribution in [0.1, 0.15) is 25.4 Å². The smallest absolute Gasteiger partial charge is 0.134 e. The van der Waals surface area contributed by atoms with E-state index in [1.54, 1.807) is 12.3 Å². The summed E-state index contributed by atoms with van der Waals surface area (Å²) in [6, 6.07) is 7.55. The maximum absolute atomic E-state index is 6.01. The second kappa shape index (κ2) is 6.48. The lowest BCUT2D eigenvalue weighted by molar-refractivity contribution is 0.621. The van der Waals surface area contributed by atoms with Crippen molar-refractivity contribution < 1.29 is 0 Å². The molecule has 1 N–H and O–H groups in total. The van der Waals surface area contributed by atoms with Gasteiger partial charge in [0, 0.05) is 18.7 Å². The average Bonchev–Trinajstić information content (AvgIpc) is 2.36. The Balaban J connectivity index is 2.05. The first kappa shape index (κ1) is 13.7. The SMILES string of the molecule is CC(C)Cc1nc(Cl)cc(NCc2ccccn2)n1. The second-order valence-electron chi connectivity index (χ2n) is 4.76. The summed E-state index contributed by atoms with van der Waals surface area (Å²) in [6.45, 7) is 4.88. The van der Waals surface area contributed by atoms with Crippen LogP contribution >= 0.6 is 11.6 Å². The van der Waals surface area contributed by atoms with E-state index in [1.165, 1.54) is 0 Å². The van der Waals surface area contributed by atoms with Crippen molar-refractivity contribution in [1.29, 1.82) is 0 Å². The molecule has 0 aliphatic heterocycles. The molecule has 0 radical (unpaired) electrons. The van der Waals surface area contributed by atoms with Crippen LogP contribution in [0.2, 0.25) is 5.15 Å². The Morgan fingerprint density at radius 2 is 2.11 bits per heavy atom. The number of pyridine rings is 1. The summed E-state index contributed by atoms with van der Waals surface area (Å²) in [4.78, 5) is 12.9. The molecule has 2 aromatic rings. The first-order chi connectivity index (χ1) is 9.13. The fourth-order valence-electron chi connectivity index (χ4n) is 1.70. The third-order valence-electron chi connectivity index (χ3n) is 2.51. The highest BCUT2D eigenvalue weighted by molar-refractivity contribution is 6.29. The molecule has 0 unspecified atom stereocenters. The molecular weight excluding hydrogens is 260 g/mol. The summed E-state index contributed by atoms with van der Waals surface area (Å²) in [5.74, 6) is 2.01. The minimum atomic E-state index is 0.467. The molecule has 0 aliphatic carbocycles. The molecule has 0 atom stereocenters. The van der Waals surface area contributed by atoms with Gasteiger partial charge in [-0.3, -0.25) is 4.98 Å². The van der Waals surface area contributed by atoms with Gasteiger partial charge >= 0.3 is 0 Å². The van der Waals surface area contributed by atoms with E-state index in [9.17, 15) is 0 Å². The highest BCUT2D eigenvalue weighted by Crippen LogP contribution is 2.14. The third kappa shape index (κ3) is 4.48. The van der Waals surface area contributed by atoms with Crippen LogP contribution in [-0.4, -0.2) is 15.0 Å². The molecule has 0 aliphatic rings. The van der Waals surface area contributed by atoms with E-state index in [1.807, 2.05) is 18.2 Å². The van der Waals surface area contributed by atoms with Gasteiger partial charge in [-0.05, 0) is 18.1 Å². The monoisotopic (exact) mass is 276 g/mol. The van der Waals surface area contributed by atoms with Gasteiger partial charge in [0.05, 0.1) is 12.2 Å². The number of aromatic nitrogens is 3. The molecule has 0 saturated heterocycles. The molecular formula is C14H17ClN4. The molecule has 0 aromatic carbocycles. The minimum Gasteiger partial charge on any atom is -0.364 e. The van der Waals surface area contributed by atoms with E-state index in [4.69, 9.17) is 11.6 Å². The van der Waals surface area contributed by atoms with Gasteiger partial charge in [0.2, 0.25) is 0 Å². The van der Waals surface area contributed by atoms with Crippen LogP contribution in [0.4, 0.5) is 5.82 Å². The van der Waals surface area contributed by atoms with Gasteiger partial charge in [-0.15, -0.1) is 0 Å². The fraction of sp³-hybridized carbons (Fsp3) is 0.357. The lowest BCUT2D eigenvalue weighted by Crippen LogP contribution is -2.07. The van der Waals surface area contributed by atoms with Gasteiger partial charge in [0.1, 0.15) is 16.8 Å². The van der Waals surface area contributed by atoms with Gasteiger partial charge in [-0.1, -0.05) is 31.5 Å². The zero-order chi connectivity index (χ0) is 13.7. The average molecular weight is 277 g/mol. The summed E-state index contributed by atoms with van der Waals surface area (Å²) in [5.41, 5.74) is 0.961. The Morgan fingerprint density at radius 1 is 1.26 bits per heavy atom. The predicted molar refractivity (Wildman–Crippen MR) is 77.1 cm³/mol. The van der Waals surface area contributed by atoms with Gasteiger partial charge < -0.3 is 5.32 Å². The normalized spacial score (nSPS) is 10.7. The van der Waals surface area contributed by atoms with Crippen molar-refractivity contribution in [2.24, 2.45) is 5.92 Å². The van der Waals surface area contributed by atoms with Crippen LogP contribution in [0, 0.1) is 5.92 Å². The largest absolute Gasteiger partial charge is 0.364 e. The summed E-state index contributed by atoms with van der Waals surface area (Å²) in [7, 11) is 0. The van der Waals surface area contributed by atoms with Gasteiger partial charge in [-0.25, -0.2) is 9.97 Å². The zero-order valence-electron chi connectivity index (χ0n) is 11.1. The Bertz CT molecular complexity index is 528. The van der Waals surface area contributed by atoms with Gasteiger partial charge in [0.15, 0.2) is 0 Å². The van der Waals surface area contributed by atoms with E-state index in [0.717, 1.165) is 23.8 Å². The molecule has 5 heteroatoms. The molecule has 2 heterocycles. The van der Waals surface area contributed by atoms with E-state index in [-0.39, 0.29) is 0 Å². The van der Waals surface area contributed by atoms with Crippen LogP contribution in [0.15, 0.2) is 30.5 Å². The Hall–Kier alpha value is -1.68. The van der Waals surface area contributed by atoms with E-state index in [0.29, 0.717) is 17.6 Å². The van der Waals surface area contributed by atoms with Crippen LogP contribution < -0.4 is 5.32 Å². The number of nitrogens with zero attached hydrogens (tertiary/aromatic N) is 3. The standard InChI is InChI=1S/C14H17ClN4/c1-10(2)7-14-18-12(15)8-13(19-14)17-9-11-5-3-4-6-16-11/h3-6,8,10H,7,9H2,1-2H3,(H,17,18,19). The minimum absolute atomic E-state index is 0.467. The predicted octanol–water partition coefficient (Wildman–Crippen LogP) is 3.34. The van der Waals surface area contributed by atoms with Crippen molar-refractivity contribution in [3.63, 3.8) is 0 Å². The Kier molecular flexibility index (Phi) is 4.68. The first-order valence-corrected chi connectivity index (χ1v) is 6.68. The second-order valence-corrected chi connectivity index (χ2v) is 5.15. The van der Waals surface area contributed by atoms with E-state index < -0.39 is 0 Å². The molecule has 19 heavy (non-hydrogen) atoms. The highest BCUT2D eigenvalue weighted by Gasteiger charge is 2.05. The topological polar surface area (TPSA) is 50.7 Å². The quantitative estimate of drug-likeness (QED) is 0.851. The van der Waals surface area contributed by atoms with Gasteiger partial charge in [-0.2, -0.15) is 0 Å². The van der Waals surface area contributed by atoms with Crippen molar-refractivity contribution in [2.75, 3.05) is 5.32 Å². The Morgan fingerprint density at radius 3 is 2.79 bits per heavy atom. The van der Waals surface area contributed by atoms with Crippen LogP contribution in [0.5, 0.6) is 0 Å². The Labute approximate surface area is 118 Å². The molecule has 100 valence electrons. The number of hydrogen-bond acceptors (Lipinski definition) is 4. The molecule has 4 nitrogen and oxygen atoms in total. The number of halogens is 1. The summed E-state index contributed by atoms with van der Waals surface area (Å²) >= 11 is 6.01. The number of rotatable bonds is 5. The highest BCUT2D eigenvalue weighted by atomic mass is 35.5. The molecule has 2 aromatic heterocycles. The molecule has 0 bridgehead atoms. The number of hydrogen-bond donors (Lipinski definition) is 1. The first-order valence-electron chi connectivity index (χ1n) is 6.30. The van der Waals surface area contributed by atoms with Crippen molar-refractivity contribution in [3.05, 3.63) is 47.1 Å². The van der Waals surface area contributed by atoms with Crippen molar-refractivity contribution in [1.82, 2.24) is 15.0 Å². The summed E-state index contributed by atoms with van der Waals surface area (Å²) in [5, 5.41) is 3.68. The molecule has 0 fully saturated rings. The number of nitrogens with one attached hydrogen (secondary N) is 1. The maximum atomic E-state index is 6.01. The number of anilines is 1. The fourth-order valence-corrected chi connectivity index (χ4v) is 1.90. The lowest BCUT2D eigenvalue weighted by Gasteiger charge is -2.08. The van der Waals surface area contributed by atoms with E-state index in [2.05, 4.69) is 34.1 Å². The maximum Gasteiger partial charge on any atom is 0.134 e.